The van der Waals surface area contributed by atoms with E-state index >= 15 is 0 Å². The van der Waals surface area contributed by atoms with E-state index < -0.39 is 10.7 Å². The number of carbonyl (C=O) groups excluding carboxylic acids is 1. The summed E-state index contributed by atoms with van der Waals surface area (Å²) >= 11 is 9.03. The average Bonchev–Trinajstić information content (AvgIpc) is 2.06. The van der Waals surface area contributed by atoms with Crippen molar-refractivity contribution >= 4 is 29.3 Å². The number of halogens is 1. The van der Waals surface area contributed by atoms with Crippen LogP contribution in [0.15, 0.2) is 30.3 Å². The van der Waals surface area contributed by atoms with Gasteiger partial charge in [-0.25, -0.2) is 0 Å². The lowest BCUT2D eigenvalue weighted by Gasteiger charge is -2.07. The van der Waals surface area contributed by atoms with E-state index in [2.05, 4.69) is 12.6 Å². The lowest BCUT2D eigenvalue weighted by atomic mass is 10.3. The summed E-state index contributed by atoms with van der Waals surface area (Å²) in [6.07, 6.45) is 0. The number of hydrogen-bond acceptors (Lipinski definition) is 2. The standard InChI is InChI=1S/C8H7ClO2S/c9-7(8(10)12)11-6-4-2-1-3-5-6/h1-5,7H,(H,10,12). The molecule has 12 heavy (non-hydrogen) atoms. The summed E-state index contributed by atoms with van der Waals surface area (Å²) in [7, 11) is 0. The molecule has 0 heterocycles. The Morgan fingerprint density at radius 1 is 1.42 bits per heavy atom. The third-order valence-corrected chi connectivity index (χ3v) is 1.85. The van der Waals surface area contributed by atoms with E-state index in [1.54, 1.807) is 24.3 Å². The van der Waals surface area contributed by atoms with Crippen molar-refractivity contribution in [2.24, 2.45) is 0 Å². The number of hydrogen-bond donors (Lipinski definition) is 1. The summed E-state index contributed by atoms with van der Waals surface area (Å²) < 4.78 is 5.02. The molecule has 0 aliphatic heterocycles. The van der Waals surface area contributed by atoms with Gasteiger partial charge >= 0.3 is 0 Å². The first-order valence-corrected chi connectivity index (χ1v) is 4.17. The van der Waals surface area contributed by atoms with E-state index in [4.69, 9.17) is 16.3 Å². The van der Waals surface area contributed by atoms with Crippen LogP contribution < -0.4 is 4.74 Å². The number of benzene rings is 1. The van der Waals surface area contributed by atoms with Gasteiger partial charge in [0.1, 0.15) is 5.75 Å². The highest BCUT2D eigenvalue weighted by Gasteiger charge is 2.11. The van der Waals surface area contributed by atoms with Crippen LogP contribution in [-0.2, 0) is 4.79 Å². The Bertz CT molecular complexity index is 263. The van der Waals surface area contributed by atoms with Crippen LogP contribution in [0.1, 0.15) is 0 Å². The maximum atomic E-state index is 10.6. The quantitative estimate of drug-likeness (QED) is 0.600. The van der Waals surface area contributed by atoms with Crippen LogP contribution in [0.5, 0.6) is 5.75 Å². The van der Waals surface area contributed by atoms with Gasteiger partial charge in [0.15, 0.2) is 0 Å². The van der Waals surface area contributed by atoms with Crippen molar-refractivity contribution in [1.82, 2.24) is 0 Å². The molecule has 0 aromatic heterocycles. The summed E-state index contributed by atoms with van der Waals surface area (Å²) in [6.45, 7) is 0. The van der Waals surface area contributed by atoms with Crippen LogP contribution in [-0.4, -0.2) is 10.7 Å². The van der Waals surface area contributed by atoms with Crippen molar-refractivity contribution in [3.05, 3.63) is 30.3 Å². The molecule has 4 heteroatoms. The maximum absolute atomic E-state index is 10.6. The molecule has 0 spiro atoms. The first-order chi connectivity index (χ1) is 5.70. The zero-order valence-electron chi connectivity index (χ0n) is 6.11. The van der Waals surface area contributed by atoms with Gasteiger partial charge in [0.2, 0.25) is 10.7 Å². The summed E-state index contributed by atoms with van der Waals surface area (Å²) in [4.78, 5) is 10.6. The lowest BCUT2D eigenvalue weighted by Crippen LogP contribution is -2.15. The zero-order valence-corrected chi connectivity index (χ0v) is 7.76. The molecule has 2 nitrogen and oxygen atoms in total. The van der Waals surface area contributed by atoms with E-state index in [9.17, 15) is 4.79 Å². The predicted molar refractivity (Wildman–Crippen MR) is 50.7 cm³/mol. The van der Waals surface area contributed by atoms with E-state index in [0.717, 1.165) is 0 Å². The van der Waals surface area contributed by atoms with Gasteiger partial charge < -0.3 is 4.74 Å². The number of thiol groups is 1. The van der Waals surface area contributed by atoms with Crippen LogP contribution in [0.25, 0.3) is 0 Å². The molecular formula is C8H7ClO2S. The molecule has 0 radical (unpaired) electrons. The highest BCUT2D eigenvalue weighted by molar-refractivity contribution is 7.96. The van der Waals surface area contributed by atoms with Crippen molar-refractivity contribution in [3.63, 3.8) is 0 Å². The fraction of sp³-hybridized carbons (Fsp3) is 0.125. The molecule has 1 unspecified atom stereocenters. The largest absolute Gasteiger partial charge is 0.466 e. The second-order valence-electron chi connectivity index (χ2n) is 2.09. The van der Waals surface area contributed by atoms with Gasteiger partial charge in [-0.1, -0.05) is 29.8 Å². The Kier molecular flexibility index (Phi) is 3.44. The van der Waals surface area contributed by atoms with Crippen LogP contribution in [0.4, 0.5) is 0 Å². The fourth-order valence-corrected chi connectivity index (χ4v) is 0.825. The second kappa shape index (κ2) is 4.38. The Balaban J connectivity index is 2.58. The number of rotatable bonds is 3. The van der Waals surface area contributed by atoms with Crippen molar-refractivity contribution < 1.29 is 9.53 Å². The molecule has 0 aliphatic rings. The molecule has 1 rings (SSSR count). The maximum Gasteiger partial charge on any atom is 0.242 e. The minimum Gasteiger partial charge on any atom is -0.466 e. The van der Waals surface area contributed by atoms with Gasteiger partial charge in [-0.05, 0) is 12.1 Å². The minimum absolute atomic E-state index is 0.500. The van der Waals surface area contributed by atoms with Gasteiger partial charge in [0.25, 0.3) is 0 Å². The summed E-state index contributed by atoms with van der Waals surface area (Å²) in [5, 5.41) is -0.500. The Morgan fingerprint density at radius 2 is 2.00 bits per heavy atom. The minimum atomic E-state index is -1.02. The molecule has 0 aliphatic carbocycles. The molecule has 0 amide bonds. The fourth-order valence-electron chi connectivity index (χ4n) is 0.669. The predicted octanol–water partition coefficient (Wildman–Crippen LogP) is 2.09. The Hall–Kier alpha value is -0.670. The number of para-hydroxylation sites is 1. The molecular weight excluding hydrogens is 196 g/mol. The molecule has 1 aromatic rings. The first kappa shape index (κ1) is 9.42. The van der Waals surface area contributed by atoms with Crippen molar-refractivity contribution in [2.75, 3.05) is 0 Å². The van der Waals surface area contributed by atoms with E-state index in [0.29, 0.717) is 5.75 Å². The molecule has 0 saturated heterocycles. The third-order valence-electron chi connectivity index (χ3n) is 1.18. The van der Waals surface area contributed by atoms with Crippen LogP contribution >= 0.6 is 24.2 Å². The monoisotopic (exact) mass is 202 g/mol. The van der Waals surface area contributed by atoms with E-state index in [1.807, 2.05) is 6.07 Å². The highest BCUT2D eigenvalue weighted by Crippen LogP contribution is 2.13. The van der Waals surface area contributed by atoms with Gasteiger partial charge in [-0.15, -0.1) is 12.6 Å². The lowest BCUT2D eigenvalue weighted by molar-refractivity contribution is -0.114. The average molecular weight is 203 g/mol. The molecule has 1 aromatic carbocycles. The van der Waals surface area contributed by atoms with Gasteiger partial charge in [-0.2, -0.15) is 0 Å². The van der Waals surface area contributed by atoms with Crippen molar-refractivity contribution in [3.8, 4) is 5.75 Å². The summed E-state index contributed by atoms with van der Waals surface area (Å²) in [6, 6.07) is 8.86. The Morgan fingerprint density at radius 3 is 2.50 bits per heavy atom. The molecule has 1 atom stereocenters. The highest BCUT2D eigenvalue weighted by atomic mass is 35.5. The molecule has 0 N–H and O–H groups in total. The number of alkyl halides is 1. The second-order valence-corrected chi connectivity index (χ2v) is 2.92. The summed E-state index contributed by atoms with van der Waals surface area (Å²) in [5.74, 6) is 0.555. The van der Waals surface area contributed by atoms with Gasteiger partial charge in [-0.3, -0.25) is 4.79 Å². The van der Waals surface area contributed by atoms with Crippen LogP contribution in [0.3, 0.4) is 0 Å². The Labute approximate surface area is 80.9 Å². The molecule has 0 bridgehead atoms. The SMILES string of the molecule is O=C(S)C(Cl)Oc1ccccc1. The normalized spacial score (nSPS) is 12.2. The van der Waals surface area contributed by atoms with Crippen LogP contribution in [0.2, 0.25) is 0 Å². The smallest absolute Gasteiger partial charge is 0.242 e. The molecule has 64 valence electrons. The third kappa shape index (κ3) is 2.75. The van der Waals surface area contributed by atoms with Crippen molar-refractivity contribution in [1.29, 1.82) is 0 Å². The van der Waals surface area contributed by atoms with Crippen LogP contribution in [0, 0.1) is 0 Å². The molecule has 0 fully saturated rings. The number of ether oxygens (including phenoxy) is 1. The van der Waals surface area contributed by atoms with Gasteiger partial charge in [0.05, 0.1) is 0 Å². The zero-order chi connectivity index (χ0) is 8.97. The summed E-state index contributed by atoms with van der Waals surface area (Å²) in [5.41, 5.74) is -1.02. The van der Waals surface area contributed by atoms with E-state index in [-0.39, 0.29) is 0 Å². The molecule has 0 saturated carbocycles. The van der Waals surface area contributed by atoms with Crippen molar-refractivity contribution in [2.45, 2.75) is 5.56 Å². The topological polar surface area (TPSA) is 26.3 Å². The first-order valence-electron chi connectivity index (χ1n) is 3.29. The number of carbonyl (C=O) groups is 1. The van der Waals surface area contributed by atoms with E-state index in [1.165, 1.54) is 0 Å². The van der Waals surface area contributed by atoms with Gasteiger partial charge in [0, 0.05) is 0 Å².